The smallest absolute Gasteiger partial charge is 0.251 e. The first-order valence-electron chi connectivity index (χ1n) is 9.56. The predicted octanol–water partition coefficient (Wildman–Crippen LogP) is 3.56. The number of rotatable bonds is 6. The lowest BCUT2D eigenvalue weighted by molar-refractivity contribution is -0.114. The van der Waals surface area contributed by atoms with Crippen molar-refractivity contribution in [2.45, 2.75) is 39.3 Å². The van der Waals surface area contributed by atoms with Crippen LogP contribution in [0.15, 0.2) is 48.5 Å². The molecule has 0 spiro atoms. The van der Waals surface area contributed by atoms with E-state index in [9.17, 15) is 9.59 Å². The van der Waals surface area contributed by atoms with Crippen molar-refractivity contribution >= 4 is 17.5 Å². The molecule has 5 heteroatoms. The number of anilines is 1. The highest BCUT2D eigenvalue weighted by Crippen LogP contribution is 2.14. The summed E-state index contributed by atoms with van der Waals surface area (Å²) in [5, 5.41) is 5.63. The maximum Gasteiger partial charge on any atom is 0.251 e. The van der Waals surface area contributed by atoms with Crippen LogP contribution in [-0.4, -0.2) is 29.8 Å². The van der Waals surface area contributed by atoms with Crippen LogP contribution < -0.4 is 10.6 Å². The second kappa shape index (κ2) is 9.33. The number of nitrogens with zero attached hydrogens (tertiary/aromatic N) is 1. The molecule has 1 aliphatic rings. The fourth-order valence-corrected chi connectivity index (χ4v) is 3.33. The Morgan fingerprint density at radius 3 is 2.15 bits per heavy atom. The third-order valence-electron chi connectivity index (χ3n) is 4.80. The standard InChI is InChI=1S/C22H27N3O2/c1-17(26)24-21-11-9-20(10-12-21)22(27)23-15-18-5-7-19(8-6-18)16-25-13-3-2-4-14-25/h5-12H,2-4,13-16H2,1H3,(H,23,27)(H,24,26). The van der Waals surface area contributed by atoms with E-state index in [4.69, 9.17) is 0 Å². The lowest BCUT2D eigenvalue weighted by atomic mass is 10.1. The van der Waals surface area contributed by atoms with Crippen molar-refractivity contribution in [1.82, 2.24) is 10.2 Å². The first kappa shape index (κ1) is 19.1. The normalized spacial score (nSPS) is 14.6. The summed E-state index contributed by atoms with van der Waals surface area (Å²) in [4.78, 5) is 25.8. The Kier molecular flexibility index (Phi) is 6.60. The van der Waals surface area contributed by atoms with Crippen LogP contribution in [0.25, 0.3) is 0 Å². The van der Waals surface area contributed by atoms with Gasteiger partial charge in [-0.3, -0.25) is 14.5 Å². The molecule has 2 aromatic rings. The molecular formula is C22H27N3O2. The topological polar surface area (TPSA) is 61.4 Å². The van der Waals surface area contributed by atoms with Crippen molar-refractivity contribution in [3.8, 4) is 0 Å². The van der Waals surface area contributed by atoms with Crippen LogP contribution in [0.2, 0.25) is 0 Å². The van der Waals surface area contributed by atoms with Gasteiger partial charge in [-0.2, -0.15) is 0 Å². The summed E-state index contributed by atoms with van der Waals surface area (Å²) in [6.07, 6.45) is 3.96. The van der Waals surface area contributed by atoms with E-state index < -0.39 is 0 Å². The fraction of sp³-hybridized carbons (Fsp3) is 0.364. The summed E-state index contributed by atoms with van der Waals surface area (Å²) in [7, 11) is 0. The molecule has 5 nitrogen and oxygen atoms in total. The minimum Gasteiger partial charge on any atom is -0.348 e. The average molecular weight is 365 g/mol. The molecule has 2 aromatic carbocycles. The number of benzene rings is 2. The zero-order valence-corrected chi connectivity index (χ0v) is 15.8. The number of hydrogen-bond donors (Lipinski definition) is 2. The summed E-state index contributed by atoms with van der Waals surface area (Å²) in [6.45, 7) is 5.35. The van der Waals surface area contributed by atoms with Gasteiger partial charge >= 0.3 is 0 Å². The second-order valence-electron chi connectivity index (χ2n) is 7.09. The van der Waals surface area contributed by atoms with Gasteiger partial charge in [-0.15, -0.1) is 0 Å². The average Bonchev–Trinajstić information content (AvgIpc) is 2.68. The van der Waals surface area contributed by atoms with Gasteiger partial charge in [0.05, 0.1) is 0 Å². The number of piperidine rings is 1. The van der Waals surface area contributed by atoms with Crippen molar-refractivity contribution in [2.75, 3.05) is 18.4 Å². The number of likely N-dealkylation sites (tertiary alicyclic amines) is 1. The van der Waals surface area contributed by atoms with Gasteiger partial charge in [0.2, 0.25) is 5.91 Å². The van der Waals surface area contributed by atoms with Gasteiger partial charge in [0.25, 0.3) is 5.91 Å². The van der Waals surface area contributed by atoms with E-state index in [2.05, 4.69) is 39.8 Å². The van der Waals surface area contributed by atoms with Crippen LogP contribution in [0, 0.1) is 0 Å². The minimum atomic E-state index is -0.129. The maximum atomic E-state index is 12.3. The molecule has 0 aliphatic carbocycles. The van der Waals surface area contributed by atoms with Gasteiger partial charge < -0.3 is 10.6 Å². The van der Waals surface area contributed by atoms with E-state index in [1.54, 1.807) is 24.3 Å². The summed E-state index contributed by atoms with van der Waals surface area (Å²) in [6, 6.07) is 15.3. The fourth-order valence-electron chi connectivity index (χ4n) is 3.33. The van der Waals surface area contributed by atoms with Gasteiger partial charge in [0, 0.05) is 31.3 Å². The van der Waals surface area contributed by atoms with Gasteiger partial charge in [-0.1, -0.05) is 30.7 Å². The SMILES string of the molecule is CC(=O)Nc1ccc(C(=O)NCc2ccc(CN3CCCCC3)cc2)cc1. The molecule has 3 rings (SSSR count). The highest BCUT2D eigenvalue weighted by atomic mass is 16.2. The molecule has 2 amide bonds. The number of carbonyl (C=O) groups is 2. The van der Waals surface area contributed by atoms with Crippen LogP contribution in [0.4, 0.5) is 5.69 Å². The van der Waals surface area contributed by atoms with Crippen molar-refractivity contribution in [2.24, 2.45) is 0 Å². The van der Waals surface area contributed by atoms with Crippen LogP contribution in [0.3, 0.4) is 0 Å². The third-order valence-corrected chi connectivity index (χ3v) is 4.80. The molecule has 0 saturated carbocycles. The summed E-state index contributed by atoms with van der Waals surface area (Å²) < 4.78 is 0. The Labute approximate surface area is 160 Å². The largest absolute Gasteiger partial charge is 0.348 e. The van der Waals surface area contributed by atoms with Crippen molar-refractivity contribution in [3.05, 3.63) is 65.2 Å². The Morgan fingerprint density at radius 1 is 0.889 bits per heavy atom. The van der Waals surface area contributed by atoms with Crippen molar-refractivity contribution < 1.29 is 9.59 Å². The van der Waals surface area contributed by atoms with E-state index >= 15 is 0 Å². The summed E-state index contributed by atoms with van der Waals surface area (Å²) >= 11 is 0. The molecular weight excluding hydrogens is 338 g/mol. The van der Waals surface area contributed by atoms with Gasteiger partial charge in [0.1, 0.15) is 0 Å². The molecule has 0 atom stereocenters. The summed E-state index contributed by atoms with van der Waals surface area (Å²) in [5.74, 6) is -0.252. The quantitative estimate of drug-likeness (QED) is 0.823. The first-order valence-corrected chi connectivity index (χ1v) is 9.56. The molecule has 1 fully saturated rings. The van der Waals surface area contributed by atoms with Crippen LogP contribution in [0.1, 0.15) is 47.7 Å². The monoisotopic (exact) mass is 365 g/mol. The maximum absolute atomic E-state index is 12.3. The number of carbonyl (C=O) groups excluding carboxylic acids is 2. The lowest BCUT2D eigenvalue weighted by Crippen LogP contribution is -2.29. The van der Waals surface area contributed by atoms with Gasteiger partial charge in [0.15, 0.2) is 0 Å². The zero-order chi connectivity index (χ0) is 19.1. The molecule has 1 aliphatic heterocycles. The van der Waals surface area contributed by atoms with E-state index in [0.717, 1.165) is 12.1 Å². The Bertz CT molecular complexity index is 763. The third kappa shape index (κ3) is 5.93. The molecule has 142 valence electrons. The molecule has 27 heavy (non-hydrogen) atoms. The molecule has 2 N–H and O–H groups in total. The van der Waals surface area contributed by atoms with Crippen LogP contribution in [0.5, 0.6) is 0 Å². The highest BCUT2D eigenvalue weighted by molar-refractivity contribution is 5.95. The highest BCUT2D eigenvalue weighted by Gasteiger charge is 2.10. The van der Waals surface area contributed by atoms with E-state index in [0.29, 0.717) is 17.8 Å². The Balaban J connectivity index is 1.48. The minimum absolute atomic E-state index is 0.123. The number of hydrogen-bond acceptors (Lipinski definition) is 3. The Hall–Kier alpha value is -2.66. The van der Waals surface area contributed by atoms with Crippen molar-refractivity contribution in [3.63, 3.8) is 0 Å². The van der Waals surface area contributed by atoms with E-state index in [-0.39, 0.29) is 11.8 Å². The number of nitrogens with one attached hydrogen (secondary N) is 2. The second-order valence-corrected chi connectivity index (χ2v) is 7.09. The van der Waals surface area contributed by atoms with Gasteiger partial charge in [-0.05, 0) is 61.3 Å². The molecule has 0 radical (unpaired) electrons. The molecule has 0 bridgehead atoms. The molecule has 0 aromatic heterocycles. The van der Waals surface area contributed by atoms with Crippen molar-refractivity contribution in [1.29, 1.82) is 0 Å². The zero-order valence-electron chi connectivity index (χ0n) is 15.8. The number of amides is 2. The molecule has 0 unspecified atom stereocenters. The first-order chi connectivity index (χ1) is 13.1. The summed E-state index contributed by atoms with van der Waals surface area (Å²) in [5.41, 5.74) is 3.66. The lowest BCUT2D eigenvalue weighted by Gasteiger charge is -2.26. The molecule has 1 heterocycles. The molecule has 1 saturated heterocycles. The van der Waals surface area contributed by atoms with E-state index in [1.807, 2.05) is 0 Å². The van der Waals surface area contributed by atoms with Crippen LogP contribution >= 0.6 is 0 Å². The Morgan fingerprint density at radius 2 is 1.52 bits per heavy atom. The van der Waals surface area contributed by atoms with Gasteiger partial charge in [-0.25, -0.2) is 0 Å². The predicted molar refractivity (Wildman–Crippen MR) is 107 cm³/mol. The van der Waals surface area contributed by atoms with E-state index in [1.165, 1.54) is 44.8 Å². The van der Waals surface area contributed by atoms with Crippen LogP contribution in [-0.2, 0) is 17.9 Å².